The van der Waals surface area contributed by atoms with E-state index < -0.39 is 15.8 Å². The molecule has 11 nitrogen and oxygen atoms in total. The Morgan fingerprint density at radius 3 is 1.59 bits per heavy atom. The molecule has 0 saturated carbocycles. The van der Waals surface area contributed by atoms with E-state index in [4.69, 9.17) is 0 Å². The molecule has 0 atom stereocenters. The van der Waals surface area contributed by atoms with Gasteiger partial charge in [0.25, 0.3) is 11.4 Å². The van der Waals surface area contributed by atoms with Crippen molar-refractivity contribution in [3.8, 4) is 22.8 Å². The number of nitrogens with zero attached hydrogens (tertiary/aromatic N) is 5. The molecule has 0 amide bonds. The summed E-state index contributed by atoms with van der Waals surface area (Å²) in [7, 11) is 0. The number of hydrogen-bond acceptors (Lipinski definition) is 7. The first kappa shape index (κ1) is 22.0. The molecule has 1 N–H and O–H groups in total. The van der Waals surface area contributed by atoms with Crippen LogP contribution in [-0.2, 0) is 4.79 Å². The second-order valence-corrected chi connectivity index (χ2v) is 7.04. The summed E-state index contributed by atoms with van der Waals surface area (Å²) in [6.45, 7) is 0. The standard InChI is InChI=1S/C23H15N5O6/c29-23(30)20(14-15-4-2-1-3-5-15)26-21(16-6-10-18(11-7-16)27(31)32)24-25-22(26)17-8-12-19(13-9-17)28(33)34/h1-14H,(H,29,30). The Kier molecular flexibility index (Phi) is 5.91. The summed E-state index contributed by atoms with van der Waals surface area (Å²) in [4.78, 5) is 33.3. The van der Waals surface area contributed by atoms with Crippen LogP contribution >= 0.6 is 0 Å². The zero-order valence-corrected chi connectivity index (χ0v) is 17.3. The molecule has 0 spiro atoms. The fourth-order valence-corrected chi connectivity index (χ4v) is 3.28. The van der Waals surface area contributed by atoms with Crippen LogP contribution in [0.5, 0.6) is 0 Å². The first-order chi connectivity index (χ1) is 16.3. The van der Waals surface area contributed by atoms with Crippen molar-refractivity contribution >= 4 is 29.1 Å². The maximum absolute atomic E-state index is 12.3. The number of rotatable bonds is 7. The van der Waals surface area contributed by atoms with Gasteiger partial charge in [0.05, 0.1) is 9.85 Å². The molecule has 0 fully saturated rings. The van der Waals surface area contributed by atoms with Gasteiger partial charge in [0.2, 0.25) is 0 Å². The second kappa shape index (κ2) is 9.12. The van der Waals surface area contributed by atoms with E-state index >= 15 is 0 Å². The lowest BCUT2D eigenvalue weighted by Crippen LogP contribution is -2.11. The molecular weight excluding hydrogens is 442 g/mol. The lowest BCUT2D eigenvalue weighted by Gasteiger charge is -2.12. The van der Waals surface area contributed by atoms with E-state index in [-0.39, 0.29) is 28.7 Å². The molecule has 1 aromatic heterocycles. The van der Waals surface area contributed by atoms with Crippen molar-refractivity contribution in [1.29, 1.82) is 0 Å². The average Bonchev–Trinajstić information content (AvgIpc) is 3.27. The van der Waals surface area contributed by atoms with Gasteiger partial charge in [0, 0.05) is 35.4 Å². The number of non-ortho nitro benzene ring substituents is 2. The average molecular weight is 457 g/mol. The number of carbonyl (C=O) groups is 1. The molecular formula is C23H15N5O6. The topological polar surface area (TPSA) is 154 Å². The summed E-state index contributed by atoms with van der Waals surface area (Å²) in [6.07, 6.45) is 1.44. The minimum Gasteiger partial charge on any atom is -0.477 e. The van der Waals surface area contributed by atoms with Gasteiger partial charge in [-0.15, -0.1) is 10.2 Å². The summed E-state index contributed by atoms with van der Waals surface area (Å²) >= 11 is 0. The zero-order valence-electron chi connectivity index (χ0n) is 17.3. The van der Waals surface area contributed by atoms with E-state index in [9.17, 15) is 30.1 Å². The first-order valence-corrected chi connectivity index (χ1v) is 9.80. The largest absolute Gasteiger partial charge is 0.477 e. The molecule has 168 valence electrons. The molecule has 0 radical (unpaired) electrons. The van der Waals surface area contributed by atoms with Gasteiger partial charge in [0.1, 0.15) is 5.70 Å². The SMILES string of the molecule is O=C(O)C(=Cc1ccccc1)n1c(-c2ccc([N+](=O)[O-])cc2)nnc1-c1ccc([N+](=O)[O-])cc1. The Morgan fingerprint density at radius 1 is 0.765 bits per heavy atom. The van der Waals surface area contributed by atoms with Gasteiger partial charge in [-0.1, -0.05) is 30.3 Å². The van der Waals surface area contributed by atoms with Gasteiger partial charge in [-0.05, 0) is 35.9 Å². The van der Waals surface area contributed by atoms with Crippen LogP contribution < -0.4 is 0 Å². The Labute approximate surface area is 191 Å². The minimum atomic E-state index is -1.27. The second-order valence-electron chi connectivity index (χ2n) is 7.04. The third kappa shape index (κ3) is 4.39. The number of nitro benzene ring substituents is 2. The molecule has 1 heterocycles. The smallest absolute Gasteiger partial charge is 0.352 e. The van der Waals surface area contributed by atoms with Crippen LogP contribution in [0.2, 0.25) is 0 Å². The molecule has 4 aromatic rings. The number of hydrogen-bond donors (Lipinski definition) is 1. The highest BCUT2D eigenvalue weighted by Crippen LogP contribution is 2.31. The highest BCUT2D eigenvalue weighted by molar-refractivity contribution is 6.15. The fraction of sp³-hybridized carbons (Fsp3) is 0. The quantitative estimate of drug-likeness (QED) is 0.241. The Balaban J connectivity index is 1.94. The van der Waals surface area contributed by atoms with Crippen LogP contribution in [0, 0.1) is 20.2 Å². The van der Waals surface area contributed by atoms with Gasteiger partial charge >= 0.3 is 5.97 Å². The van der Waals surface area contributed by atoms with Crippen LogP contribution in [0.25, 0.3) is 34.5 Å². The third-order valence-electron chi connectivity index (χ3n) is 4.90. The normalized spacial score (nSPS) is 11.2. The summed E-state index contributed by atoms with van der Waals surface area (Å²) in [5.74, 6) is -1.00. The molecule has 0 aliphatic heterocycles. The first-order valence-electron chi connectivity index (χ1n) is 9.80. The number of aromatic nitrogens is 3. The van der Waals surface area contributed by atoms with Crippen LogP contribution in [0.1, 0.15) is 5.56 Å². The summed E-state index contributed by atoms with van der Waals surface area (Å²) < 4.78 is 1.30. The van der Waals surface area contributed by atoms with Gasteiger partial charge in [-0.2, -0.15) is 0 Å². The number of benzene rings is 3. The van der Waals surface area contributed by atoms with Crippen molar-refractivity contribution in [2.75, 3.05) is 0 Å². The lowest BCUT2D eigenvalue weighted by atomic mass is 10.1. The van der Waals surface area contributed by atoms with Crippen molar-refractivity contribution in [3.05, 3.63) is 105 Å². The Morgan fingerprint density at radius 2 is 1.21 bits per heavy atom. The Bertz CT molecular complexity index is 1340. The van der Waals surface area contributed by atoms with Gasteiger partial charge in [0.15, 0.2) is 11.6 Å². The predicted octanol–water partition coefficient (Wildman–Crippen LogP) is 4.51. The van der Waals surface area contributed by atoms with Crippen LogP contribution in [0.3, 0.4) is 0 Å². The predicted molar refractivity (Wildman–Crippen MR) is 122 cm³/mol. The van der Waals surface area contributed by atoms with E-state index in [1.165, 1.54) is 59.2 Å². The van der Waals surface area contributed by atoms with Crippen LogP contribution in [0.15, 0.2) is 78.9 Å². The summed E-state index contributed by atoms with van der Waals surface area (Å²) in [6, 6.07) is 19.7. The molecule has 0 unspecified atom stereocenters. The number of carboxylic acids is 1. The van der Waals surface area contributed by atoms with E-state index in [2.05, 4.69) is 10.2 Å². The highest BCUT2D eigenvalue weighted by atomic mass is 16.6. The monoisotopic (exact) mass is 457 g/mol. The van der Waals surface area contributed by atoms with E-state index in [0.717, 1.165) is 0 Å². The third-order valence-corrected chi connectivity index (χ3v) is 4.90. The number of aliphatic carboxylic acids is 1. The van der Waals surface area contributed by atoms with Crippen molar-refractivity contribution < 1.29 is 19.7 Å². The summed E-state index contributed by atoms with van der Waals surface area (Å²) in [5, 5.41) is 40.4. The maximum Gasteiger partial charge on any atom is 0.352 e. The minimum absolute atomic E-state index is 0.132. The van der Waals surface area contributed by atoms with Crippen LogP contribution in [0.4, 0.5) is 11.4 Å². The van der Waals surface area contributed by atoms with Gasteiger partial charge in [-0.3, -0.25) is 24.8 Å². The molecule has 3 aromatic carbocycles. The van der Waals surface area contributed by atoms with Crippen LogP contribution in [-0.4, -0.2) is 35.7 Å². The van der Waals surface area contributed by atoms with Crippen molar-refractivity contribution in [2.24, 2.45) is 0 Å². The van der Waals surface area contributed by atoms with Crippen molar-refractivity contribution in [1.82, 2.24) is 14.8 Å². The molecule has 4 rings (SSSR count). The van der Waals surface area contributed by atoms with Gasteiger partial charge < -0.3 is 5.11 Å². The zero-order chi connectivity index (χ0) is 24.2. The van der Waals surface area contributed by atoms with Crippen molar-refractivity contribution in [3.63, 3.8) is 0 Å². The van der Waals surface area contributed by atoms with Gasteiger partial charge in [-0.25, -0.2) is 4.79 Å². The molecule has 0 saturated heterocycles. The Hall–Kier alpha value is -5.19. The molecule has 34 heavy (non-hydrogen) atoms. The molecule has 11 heteroatoms. The summed E-state index contributed by atoms with van der Waals surface area (Å²) in [5.41, 5.74) is 0.945. The van der Waals surface area contributed by atoms with E-state index in [1.54, 1.807) is 30.3 Å². The molecule has 0 aliphatic rings. The fourth-order valence-electron chi connectivity index (χ4n) is 3.28. The lowest BCUT2D eigenvalue weighted by molar-refractivity contribution is -0.385. The maximum atomic E-state index is 12.3. The van der Waals surface area contributed by atoms with Crippen molar-refractivity contribution in [2.45, 2.75) is 0 Å². The van der Waals surface area contributed by atoms with E-state index in [1.807, 2.05) is 0 Å². The number of nitro groups is 2. The molecule has 0 bridgehead atoms. The molecule has 0 aliphatic carbocycles. The number of carboxylic acid groups (broad SMARTS) is 1. The van der Waals surface area contributed by atoms with E-state index in [0.29, 0.717) is 16.7 Å². The highest BCUT2D eigenvalue weighted by Gasteiger charge is 2.23.